The van der Waals surface area contributed by atoms with Gasteiger partial charge in [-0.15, -0.1) is 5.10 Å². The van der Waals surface area contributed by atoms with Gasteiger partial charge in [-0.2, -0.15) is 0 Å². The van der Waals surface area contributed by atoms with Crippen LogP contribution in [0.3, 0.4) is 0 Å². The zero-order valence-corrected chi connectivity index (χ0v) is 11.8. The molecule has 0 amide bonds. The molecule has 3 rings (SSSR count). The largest absolute Gasteiger partial charge is 0.367 e. The van der Waals surface area contributed by atoms with Crippen LogP contribution in [0.5, 0.6) is 0 Å². The highest BCUT2D eigenvalue weighted by Crippen LogP contribution is 2.47. The number of halogens is 1. The molecule has 1 aliphatic rings. The fraction of sp³-hybridized carbons (Fsp3) is 0.385. The van der Waals surface area contributed by atoms with E-state index in [2.05, 4.69) is 40.9 Å². The van der Waals surface area contributed by atoms with Crippen LogP contribution in [-0.2, 0) is 6.42 Å². The number of hydrogen-bond acceptors (Lipinski definition) is 4. The molecule has 1 N–H and O–H groups in total. The lowest BCUT2D eigenvalue weighted by Gasteiger charge is -2.28. The molecule has 1 aromatic heterocycles. The second-order valence-electron chi connectivity index (χ2n) is 5.37. The van der Waals surface area contributed by atoms with Gasteiger partial charge < -0.3 is 5.32 Å². The second-order valence-corrected chi connectivity index (χ2v) is 6.59. The maximum atomic E-state index is 6.11. The number of nitrogens with one attached hydrogen (secondary N) is 1. The Morgan fingerprint density at radius 3 is 3.00 bits per heavy atom. The highest BCUT2D eigenvalue weighted by atomic mass is 35.5. The van der Waals surface area contributed by atoms with Gasteiger partial charge in [-0.05, 0) is 35.1 Å². The summed E-state index contributed by atoms with van der Waals surface area (Å²) in [5.74, 6) is 0. The average molecular weight is 280 g/mol. The van der Waals surface area contributed by atoms with E-state index in [0.717, 1.165) is 16.4 Å². The zero-order chi connectivity index (χ0) is 12.8. The molecule has 18 heavy (non-hydrogen) atoms. The molecular weight excluding hydrogens is 266 g/mol. The highest BCUT2D eigenvalue weighted by Gasteiger charge is 2.39. The first-order valence-corrected chi connectivity index (χ1v) is 7.04. The van der Waals surface area contributed by atoms with Gasteiger partial charge in [-0.3, -0.25) is 0 Å². The van der Waals surface area contributed by atoms with Crippen LogP contribution in [0.4, 0.5) is 5.00 Å². The minimum absolute atomic E-state index is 0.164. The normalized spacial score (nSPS) is 20.7. The van der Waals surface area contributed by atoms with E-state index in [1.54, 1.807) is 6.20 Å². The third kappa shape index (κ3) is 1.99. The molecule has 94 valence electrons. The van der Waals surface area contributed by atoms with Crippen molar-refractivity contribution < 1.29 is 0 Å². The lowest BCUT2D eigenvalue weighted by Crippen LogP contribution is -2.24. The number of rotatable bonds is 2. The summed E-state index contributed by atoms with van der Waals surface area (Å²) < 4.78 is 3.89. The van der Waals surface area contributed by atoms with Crippen LogP contribution >= 0.6 is 23.1 Å². The Labute approximate surface area is 115 Å². The molecule has 5 heteroatoms. The van der Waals surface area contributed by atoms with Crippen molar-refractivity contribution in [3.05, 3.63) is 40.5 Å². The molecule has 0 bridgehead atoms. The van der Waals surface area contributed by atoms with Gasteiger partial charge in [-0.1, -0.05) is 36.0 Å². The first kappa shape index (κ1) is 11.9. The van der Waals surface area contributed by atoms with Gasteiger partial charge in [0.05, 0.1) is 12.2 Å². The van der Waals surface area contributed by atoms with E-state index in [0.29, 0.717) is 0 Å². The van der Waals surface area contributed by atoms with Gasteiger partial charge in [0, 0.05) is 16.6 Å². The topological polar surface area (TPSA) is 37.8 Å². The number of fused-ring (bicyclic) bond motifs is 1. The van der Waals surface area contributed by atoms with Crippen LogP contribution < -0.4 is 5.32 Å². The molecular formula is C13H14ClN3S. The van der Waals surface area contributed by atoms with Crippen molar-refractivity contribution >= 4 is 28.1 Å². The number of benzene rings is 1. The molecule has 0 fully saturated rings. The molecule has 1 heterocycles. The number of nitrogens with zero attached hydrogens (tertiary/aromatic N) is 2. The van der Waals surface area contributed by atoms with Crippen LogP contribution in [0.15, 0.2) is 24.4 Å². The minimum atomic E-state index is 0.164. The number of hydrogen-bond donors (Lipinski definition) is 1. The minimum Gasteiger partial charge on any atom is -0.367 e. The van der Waals surface area contributed by atoms with Gasteiger partial charge in [0.1, 0.15) is 5.00 Å². The van der Waals surface area contributed by atoms with E-state index in [9.17, 15) is 0 Å². The van der Waals surface area contributed by atoms with Crippen molar-refractivity contribution in [3.8, 4) is 0 Å². The summed E-state index contributed by atoms with van der Waals surface area (Å²) in [6, 6.07) is 6.42. The summed E-state index contributed by atoms with van der Waals surface area (Å²) in [6.45, 7) is 4.54. The van der Waals surface area contributed by atoms with E-state index in [1.165, 1.54) is 22.7 Å². The molecule has 1 unspecified atom stereocenters. The summed E-state index contributed by atoms with van der Waals surface area (Å²) in [4.78, 5) is 0. The van der Waals surface area contributed by atoms with Gasteiger partial charge in [-0.25, -0.2) is 0 Å². The number of anilines is 1. The van der Waals surface area contributed by atoms with Crippen LogP contribution in [-0.4, -0.2) is 9.59 Å². The number of aromatic nitrogens is 2. The fourth-order valence-corrected chi connectivity index (χ4v) is 3.28. The summed E-state index contributed by atoms with van der Waals surface area (Å²) in [7, 11) is 0. The molecule has 0 spiro atoms. The lowest BCUT2D eigenvalue weighted by molar-refractivity contribution is 0.337. The maximum Gasteiger partial charge on any atom is 0.130 e. The zero-order valence-electron chi connectivity index (χ0n) is 10.3. The third-order valence-corrected chi connectivity index (χ3v) is 4.33. The molecule has 1 aliphatic carbocycles. The summed E-state index contributed by atoms with van der Waals surface area (Å²) >= 11 is 7.50. The summed E-state index contributed by atoms with van der Waals surface area (Å²) in [6.07, 6.45) is 2.83. The van der Waals surface area contributed by atoms with Gasteiger partial charge in [0.25, 0.3) is 0 Å². The molecule has 2 aromatic rings. The van der Waals surface area contributed by atoms with E-state index < -0.39 is 0 Å². The van der Waals surface area contributed by atoms with E-state index in [-0.39, 0.29) is 11.5 Å². The van der Waals surface area contributed by atoms with E-state index in [4.69, 9.17) is 11.6 Å². The summed E-state index contributed by atoms with van der Waals surface area (Å²) in [5, 5.41) is 9.19. The van der Waals surface area contributed by atoms with Crippen molar-refractivity contribution in [2.45, 2.75) is 26.3 Å². The Morgan fingerprint density at radius 2 is 2.28 bits per heavy atom. The van der Waals surface area contributed by atoms with Crippen LogP contribution in [0, 0.1) is 5.41 Å². The maximum absolute atomic E-state index is 6.11. The van der Waals surface area contributed by atoms with Crippen molar-refractivity contribution in [3.63, 3.8) is 0 Å². The van der Waals surface area contributed by atoms with Gasteiger partial charge >= 0.3 is 0 Å². The monoisotopic (exact) mass is 279 g/mol. The van der Waals surface area contributed by atoms with Crippen LogP contribution in [0.1, 0.15) is 31.0 Å². The molecule has 0 saturated carbocycles. The Bertz CT molecular complexity index is 566. The molecule has 0 saturated heterocycles. The second kappa shape index (κ2) is 4.21. The van der Waals surface area contributed by atoms with Gasteiger partial charge in [0.15, 0.2) is 0 Å². The predicted octanol–water partition coefficient (Wildman–Crippen LogP) is 3.93. The average Bonchev–Trinajstić information content (AvgIpc) is 2.88. The van der Waals surface area contributed by atoms with Crippen molar-refractivity contribution in [1.29, 1.82) is 0 Å². The highest BCUT2D eigenvalue weighted by molar-refractivity contribution is 7.09. The van der Waals surface area contributed by atoms with Crippen molar-refractivity contribution in [2.24, 2.45) is 5.41 Å². The summed E-state index contributed by atoms with van der Waals surface area (Å²) in [5.41, 5.74) is 2.83. The van der Waals surface area contributed by atoms with E-state index in [1.807, 2.05) is 6.07 Å². The first-order valence-electron chi connectivity index (χ1n) is 5.88. The smallest absolute Gasteiger partial charge is 0.130 e. The quantitative estimate of drug-likeness (QED) is 0.905. The molecule has 3 nitrogen and oxygen atoms in total. The SMILES string of the molecule is CC1(C)Cc2ccc(Cl)cc2C1Nc1cnns1. The van der Waals surface area contributed by atoms with Gasteiger partial charge in [0.2, 0.25) is 0 Å². The molecule has 0 radical (unpaired) electrons. The first-order chi connectivity index (χ1) is 8.56. The third-order valence-electron chi connectivity index (χ3n) is 3.49. The molecule has 1 aromatic carbocycles. The fourth-order valence-electron chi connectivity index (χ4n) is 2.66. The van der Waals surface area contributed by atoms with E-state index >= 15 is 0 Å². The van der Waals surface area contributed by atoms with Crippen molar-refractivity contribution in [2.75, 3.05) is 5.32 Å². The standard InChI is InChI=1S/C13H14ClN3S/c1-13(2)6-8-3-4-9(14)5-10(8)12(13)16-11-7-15-17-18-11/h3-5,7,12,16H,6H2,1-2H3. The predicted molar refractivity (Wildman–Crippen MR) is 75.2 cm³/mol. The Hall–Kier alpha value is -1.13. The Kier molecular flexibility index (Phi) is 2.79. The molecule has 0 aliphatic heterocycles. The van der Waals surface area contributed by atoms with Crippen LogP contribution in [0.25, 0.3) is 0 Å². The molecule has 1 atom stereocenters. The van der Waals surface area contributed by atoms with Crippen LogP contribution in [0.2, 0.25) is 5.02 Å². The Balaban J connectivity index is 1.99. The lowest BCUT2D eigenvalue weighted by atomic mass is 9.85. The Morgan fingerprint density at radius 1 is 1.44 bits per heavy atom. The van der Waals surface area contributed by atoms with Crippen molar-refractivity contribution in [1.82, 2.24) is 9.59 Å².